The highest BCUT2D eigenvalue weighted by atomic mass is 14.9. The number of pyridine rings is 1. The molecule has 0 aromatic carbocycles. The smallest absolute Gasteiger partial charge is 0.0342 e. The van der Waals surface area contributed by atoms with Gasteiger partial charge in [0.05, 0.1) is 0 Å². The standard InChI is InChI=1S/C13H16N2/c1-2-12(9-14-6-1)11-4-3-10-5-7-15-13(10)8-11/h1-2,6,8-10,13,15H,3-5,7H2/t10-,13-/m0/s1. The van der Waals surface area contributed by atoms with Crippen LogP contribution in [-0.4, -0.2) is 17.6 Å². The first-order chi connectivity index (χ1) is 7.43. The number of allylic oxidation sites excluding steroid dienone is 1. The second-order valence-corrected chi connectivity index (χ2v) is 4.50. The SMILES string of the molecule is C1=C(c2cccnc2)CC[C@H]2CCN[C@@H]12. The van der Waals surface area contributed by atoms with Crippen molar-refractivity contribution in [3.63, 3.8) is 0 Å². The molecule has 1 aromatic heterocycles. The third-order valence-electron chi connectivity index (χ3n) is 3.60. The van der Waals surface area contributed by atoms with Crippen molar-refractivity contribution in [1.29, 1.82) is 0 Å². The zero-order chi connectivity index (χ0) is 10.1. The van der Waals surface area contributed by atoms with Crippen molar-refractivity contribution >= 4 is 5.57 Å². The molecule has 3 rings (SSSR count). The molecule has 0 bridgehead atoms. The van der Waals surface area contributed by atoms with Crippen LogP contribution in [-0.2, 0) is 0 Å². The minimum Gasteiger partial charge on any atom is -0.310 e. The van der Waals surface area contributed by atoms with Crippen LogP contribution in [0.5, 0.6) is 0 Å². The Bertz CT molecular complexity index is 369. The summed E-state index contributed by atoms with van der Waals surface area (Å²) in [6, 6.07) is 4.80. The van der Waals surface area contributed by atoms with Crippen LogP contribution in [0.3, 0.4) is 0 Å². The van der Waals surface area contributed by atoms with Crippen molar-refractivity contribution in [2.45, 2.75) is 25.3 Å². The molecule has 2 atom stereocenters. The normalized spacial score (nSPS) is 29.7. The zero-order valence-electron chi connectivity index (χ0n) is 8.82. The Morgan fingerprint density at radius 1 is 1.33 bits per heavy atom. The Kier molecular flexibility index (Phi) is 2.29. The van der Waals surface area contributed by atoms with Gasteiger partial charge < -0.3 is 5.32 Å². The van der Waals surface area contributed by atoms with E-state index in [1.54, 1.807) is 0 Å². The highest BCUT2D eigenvalue weighted by molar-refractivity contribution is 5.66. The third-order valence-corrected chi connectivity index (χ3v) is 3.60. The lowest BCUT2D eigenvalue weighted by atomic mass is 9.84. The van der Waals surface area contributed by atoms with Crippen LogP contribution in [0, 0.1) is 5.92 Å². The molecular weight excluding hydrogens is 184 g/mol. The monoisotopic (exact) mass is 200 g/mol. The number of hydrogen-bond donors (Lipinski definition) is 1. The number of nitrogens with zero attached hydrogens (tertiary/aromatic N) is 1. The van der Waals surface area contributed by atoms with Crippen molar-refractivity contribution in [1.82, 2.24) is 10.3 Å². The predicted molar refractivity (Wildman–Crippen MR) is 61.3 cm³/mol. The van der Waals surface area contributed by atoms with Gasteiger partial charge in [-0.2, -0.15) is 0 Å². The van der Waals surface area contributed by atoms with Crippen LogP contribution >= 0.6 is 0 Å². The van der Waals surface area contributed by atoms with Crippen LogP contribution in [0.25, 0.3) is 5.57 Å². The van der Waals surface area contributed by atoms with E-state index in [9.17, 15) is 0 Å². The second-order valence-electron chi connectivity index (χ2n) is 4.50. The van der Waals surface area contributed by atoms with Gasteiger partial charge in [0.2, 0.25) is 0 Å². The quantitative estimate of drug-likeness (QED) is 0.752. The summed E-state index contributed by atoms with van der Waals surface area (Å²) in [4.78, 5) is 4.18. The van der Waals surface area contributed by atoms with Gasteiger partial charge in [-0.25, -0.2) is 0 Å². The minimum atomic E-state index is 0.619. The fourth-order valence-corrected chi connectivity index (χ4v) is 2.73. The fourth-order valence-electron chi connectivity index (χ4n) is 2.73. The average Bonchev–Trinajstić information content (AvgIpc) is 2.77. The average molecular weight is 200 g/mol. The topological polar surface area (TPSA) is 24.9 Å². The van der Waals surface area contributed by atoms with E-state index in [0.29, 0.717) is 6.04 Å². The first kappa shape index (κ1) is 9.10. The van der Waals surface area contributed by atoms with Gasteiger partial charge in [0, 0.05) is 18.4 Å². The molecule has 2 aliphatic rings. The van der Waals surface area contributed by atoms with Crippen molar-refractivity contribution < 1.29 is 0 Å². The summed E-state index contributed by atoms with van der Waals surface area (Å²) in [5.41, 5.74) is 2.77. The number of rotatable bonds is 1. The molecule has 1 fully saturated rings. The molecule has 0 saturated carbocycles. The van der Waals surface area contributed by atoms with E-state index in [-0.39, 0.29) is 0 Å². The summed E-state index contributed by atoms with van der Waals surface area (Å²) < 4.78 is 0. The molecule has 0 spiro atoms. The minimum absolute atomic E-state index is 0.619. The third kappa shape index (κ3) is 1.70. The number of nitrogens with one attached hydrogen (secondary N) is 1. The molecule has 0 radical (unpaired) electrons. The Balaban J connectivity index is 1.88. The number of fused-ring (bicyclic) bond motifs is 1. The molecule has 1 aliphatic carbocycles. The van der Waals surface area contributed by atoms with Gasteiger partial charge in [-0.05, 0) is 48.9 Å². The molecule has 2 heterocycles. The summed E-state index contributed by atoms with van der Waals surface area (Å²) >= 11 is 0. The van der Waals surface area contributed by atoms with E-state index in [1.165, 1.54) is 36.9 Å². The summed E-state index contributed by atoms with van der Waals surface area (Å²) in [6.07, 6.45) is 10.1. The van der Waals surface area contributed by atoms with Crippen LogP contribution in [0.4, 0.5) is 0 Å². The van der Waals surface area contributed by atoms with Gasteiger partial charge in [0.15, 0.2) is 0 Å². The number of aromatic nitrogens is 1. The Morgan fingerprint density at radius 3 is 3.20 bits per heavy atom. The fraction of sp³-hybridized carbons (Fsp3) is 0.462. The van der Waals surface area contributed by atoms with Gasteiger partial charge in [-0.15, -0.1) is 0 Å². The molecule has 15 heavy (non-hydrogen) atoms. The highest BCUT2D eigenvalue weighted by Crippen LogP contribution is 2.33. The van der Waals surface area contributed by atoms with Crippen molar-refractivity contribution in [3.8, 4) is 0 Å². The van der Waals surface area contributed by atoms with Crippen molar-refractivity contribution in [3.05, 3.63) is 36.2 Å². The van der Waals surface area contributed by atoms with Crippen molar-refractivity contribution in [2.75, 3.05) is 6.54 Å². The lowest BCUT2D eigenvalue weighted by molar-refractivity contribution is 0.465. The maximum Gasteiger partial charge on any atom is 0.0342 e. The molecule has 1 aromatic rings. The van der Waals surface area contributed by atoms with Gasteiger partial charge in [0.1, 0.15) is 0 Å². The summed E-state index contributed by atoms with van der Waals surface area (Å²) in [5.74, 6) is 0.880. The molecular formula is C13H16N2. The van der Waals surface area contributed by atoms with Crippen LogP contribution in [0.15, 0.2) is 30.6 Å². The first-order valence-corrected chi connectivity index (χ1v) is 5.78. The van der Waals surface area contributed by atoms with Gasteiger partial charge in [-0.3, -0.25) is 4.98 Å². The van der Waals surface area contributed by atoms with Crippen LogP contribution in [0.1, 0.15) is 24.8 Å². The second kappa shape index (κ2) is 3.78. The van der Waals surface area contributed by atoms with Gasteiger partial charge in [-0.1, -0.05) is 12.1 Å². The van der Waals surface area contributed by atoms with E-state index < -0.39 is 0 Å². The first-order valence-electron chi connectivity index (χ1n) is 5.78. The maximum atomic E-state index is 4.18. The molecule has 1 saturated heterocycles. The largest absolute Gasteiger partial charge is 0.310 e. The van der Waals surface area contributed by atoms with E-state index >= 15 is 0 Å². The van der Waals surface area contributed by atoms with E-state index in [4.69, 9.17) is 0 Å². The summed E-state index contributed by atoms with van der Waals surface area (Å²) in [5, 5.41) is 3.56. The molecule has 78 valence electrons. The lowest BCUT2D eigenvalue weighted by Gasteiger charge is -2.24. The molecule has 1 N–H and O–H groups in total. The van der Waals surface area contributed by atoms with E-state index in [1.807, 2.05) is 18.5 Å². The maximum absolute atomic E-state index is 4.18. The van der Waals surface area contributed by atoms with Crippen molar-refractivity contribution in [2.24, 2.45) is 5.92 Å². The highest BCUT2D eigenvalue weighted by Gasteiger charge is 2.28. The Labute approximate surface area is 90.4 Å². The van der Waals surface area contributed by atoms with E-state index in [2.05, 4.69) is 22.4 Å². The number of hydrogen-bond acceptors (Lipinski definition) is 2. The predicted octanol–water partition coefficient (Wildman–Crippen LogP) is 2.24. The molecule has 2 heteroatoms. The lowest BCUT2D eigenvalue weighted by Crippen LogP contribution is -2.27. The Hall–Kier alpha value is -1.15. The summed E-state index contributed by atoms with van der Waals surface area (Å²) in [7, 11) is 0. The molecule has 0 unspecified atom stereocenters. The summed E-state index contributed by atoms with van der Waals surface area (Å²) in [6.45, 7) is 1.19. The molecule has 2 nitrogen and oxygen atoms in total. The zero-order valence-corrected chi connectivity index (χ0v) is 8.82. The van der Waals surface area contributed by atoms with E-state index in [0.717, 1.165) is 5.92 Å². The van der Waals surface area contributed by atoms with Gasteiger partial charge in [0.25, 0.3) is 0 Å². The molecule has 0 amide bonds. The van der Waals surface area contributed by atoms with Gasteiger partial charge >= 0.3 is 0 Å². The van der Waals surface area contributed by atoms with Crippen LogP contribution < -0.4 is 5.32 Å². The molecule has 1 aliphatic heterocycles. The van der Waals surface area contributed by atoms with Crippen LogP contribution in [0.2, 0.25) is 0 Å². The Morgan fingerprint density at radius 2 is 2.33 bits per heavy atom.